The largest absolute Gasteiger partial charge is 0.433 e. The summed E-state index contributed by atoms with van der Waals surface area (Å²) in [5.41, 5.74) is -0.495. The predicted octanol–water partition coefficient (Wildman–Crippen LogP) is 4.47. The molecule has 2 rings (SSSR count). The quantitative estimate of drug-likeness (QED) is 0.775. The van der Waals surface area contributed by atoms with Crippen LogP contribution in [0.15, 0.2) is 30.6 Å². The summed E-state index contributed by atoms with van der Waals surface area (Å²) in [6.45, 7) is 0. The lowest BCUT2D eigenvalue weighted by atomic mass is 10.1. The van der Waals surface area contributed by atoms with Crippen LogP contribution >= 0.6 is 23.2 Å². The van der Waals surface area contributed by atoms with E-state index in [0.717, 1.165) is 12.4 Å². The molecule has 0 spiro atoms. The van der Waals surface area contributed by atoms with E-state index in [0.29, 0.717) is 15.6 Å². The highest BCUT2D eigenvalue weighted by Gasteiger charge is 2.32. The van der Waals surface area contributed by atoms with E-state index in [9.17, 15) is 13.2 Å². The zero-order valence-electron chi connectivity index (χ0n) is 8.67. The Morgan fingerprint density at radius 2 is 1.50 bits per heavy atom. The normalized spacial score (nSPS) is 11.6. The van der Waals surface area contributed by atoms with Gasteiger partial charge in [-0.15, -0.1) is 0 Å². The molecule has 0 aliphatic heterocycles. The van der Waals surface area contributed by atoms with Crippen LogP contribution in [0.5, 0.6) is 0 Å². The predicted molar refractivity (Wildman–Crippen MR) is 62.5 cm³/mol. The van der Waals surface area contributed by atoms with Crippen molar-refractivity contribution in [2.75, 3.05) is 0 Å². The zero-order valence-corrected chi connectivity index (χ0v) is 10.2. The van der Waals surface area contributed by atoms with Gasteiger partial charge in [0.15, 0.2) is 0 Å². The van der Waals surface area contributed by atoms with Crippen LogP contribution < -0.4 is 0 Å². The molecule has 1 aromatic carbocycles. The molecule has 2 aromatic rings. The highest BCUT2D eigenvalue weighted by atomic mass is 35.5. The van der Waals surface area contributed by atoms with Crippen molar-refractivity contribution < 1.29 is 13.2 Å². The summed E-state index contributed by atoms with van der Waals surface area (Å²) < 4.78 is 37.5. The van der Waals surface area contributed by atoms with E-state index >= 15 is 0 Å². The summed E-state index contributed by atoms with van der Waals surface area (Å²) in [6.07, 6.45) is -3.66. The van der Waals surface area contributed by atoms with E-state index in [1.165, 1.54) is 18.2 Å². The van der Waals surface area contributed by atoms with Gasteiger partial charge in [-0.3, -0.25) is 0 Å². The van der Waals surface area contributed by atoms with Gasteiger partial charge in [0.1, 0.15) is 12.0 Å². The molecule has 0 bridgehead atoms. The first-order valence-corrected chi connectivity index (χ1v) is 5.47. The van der Waals surface area contributed by atoms with Crippen molar-refractivity contribution in [1.82, 2.24) is 9.97 Å². The van der Waals surface area contributed by atoms with Crippen molar-refractivity contribution in [2.45, 2.75) is 6.18 Å². The molecule has 0 radical (unpaired) electrons. The Morgan fingerprint density at radius 1 is 0.889 bits per heavy atom. The third-order valence-corrected chi connectivity index (χ3v) is 2.55. The van der Waals surface area contributed by atoms with Gasteiger partial charge in [-0.1, -0.05) is 23.2 Å². The Morgan fingerprint density at radius 3 is 2.06 bits per heavy atom. The van der Waals surface area contributed by atoms with Crippen molar-refractivity contribution in [3.05, 3.63) is 46.3 Å². The second-order valence-electron chi connectivity index (χ2n) is 3.44. The molecule has 0 unspecified atom stereocenters. The van der Waals surface area contributed by atoms with Gasteiger partial charge in [0, 0.05) is 15.6 Å². The Labute approximate surface area is 110 Å². The summed E-state index contributed by atoms with van der Waals surface area (Å²) in [5, 5.41) is 0.648. The van der Waals surface area contributed by atoms with E-state index in [-0.39, 0.29) is 5.69 Å². The molecular formula is C11H5Cl2F3N2. The molecule has 0 saturated carbocycles. The number of aromatic nitrogens is 2. The van der Waals surface area contributed by atoms with E-state index in [1.54, 1.807) is 0 Å². The lowest BCUT2D eigenvalue weighted by Crippen LogP contribution is -2.08. The van der Waals surface area contributed by atoms with E-state index in [1.807, 2.05) is 0 Å². The van der Waals surface area contributed by atoms with Gasteiger partial charge in [0.05, 0.1) is 5.69 Å². The molecule has 1 heterocycles. The number of benzene rings is 1. The smallest absolute Gasteiger partial charge is 0.236 e. The van der Waals surface area contributed by atoms with Crippen LogP contribution in [0.4, 0.5) is 13.2 Å². The van der Waals surface area contributed by atoms with Crippen molar-refractivity contribution >= 4 is 23.2 Å². The summed E-state index contributed by atoms with van der Waals surface area (Å²) in [7, 11) is 0. The zero-order chi connectivity index (χ0) is 13.3. The summed E-state index contributed by atoms with van der Waals surface area (Å²) >= 11 is 11.6. The first-order chi connectivity index (χ1) is 8.36. The molecule has 0 atom stereocenters. The molecule has 94 valence electrons. The Bertz CT molecular complexity index is 564. The fraction of sp³-hybridized carbons (Fsp3) is 0.0909. The molecule has 2 nitrogen and oxygen atoms in total. The average molecular weight is 293 g/mol. The van der Waals surface area contributed by atoms with Crippen molar-refractivity contribution in [3.8, 4) is 11.3 Å². The summed E-state index contributed by atoms with van der Waals surface area (Å²) in [5.74, 6) is 0. The third kappa shape index (κ3) is 2.91. The van der Waals surface area contributed by atoms with Crippen LogP contribution in [-0.4, -0.2) is 9.97 Å². The van der Waals surface area contributed by atoms with Gasteiger partial charge < -0.3 is 0 Å². The minimum Gasteiger partial charge on any atom is -0.236 e. The third-order valence-electron chi connectivity index (χ3n) is 2.12. The molecule has 7 heteroatoms. The molecule has 0 fully saturated rings. The highest BCUT2D eigenvalue weighted by Crippen LogP contribution is 2.31. The highest BCUT2D eigenvalue weighted by molar-refractivity contribution is 6.35. The number of hydrogen-bond donors (Lipinski definition) is 0. The average Bonchev–Trinajstić information content (AvgIpc) is 2.27. The van der Waals surface area contributed by atoms with Gasteiger partial charge in [-0.05, 0) is 24.3 Å². The number of halogens is 5. The standard InChI is InChI=1S/C11H5Cl2F3N2/c12-7-1-6(2-8(13)3-7)9-4-10(11(14,15)16)18-5-17-9/h1-5H. The van der Waals surface area contributed by atoms with E-state index in [4.69, 9.17) is 23.2 Å². The van der Waals surface area contributed by atoms with E-state index in [2.05, 4.69) is 9.97 Å². The minimum absolute atomic E-state index is 0.113. The molecular weight excluding hydrogens is 288 g/mol. The molecule has 1 aromatic heterocycles. The summed E-state index contributed by atoms with van der Waals surface area (Å²) in [6, 6.07) is 5.30. The lowest BCUT2D eigenvalue weighted by molar-refractivity contribution is -0.141. The van der Waals surface area contributed by atoms with Crippen LogP contribution in [0.25, 0.3) is 11.3 Å². The first kappa shape index (κ1) is 13.1. The van der Waals surface area contributed by atoms with E-state index < -0.39 is 11.9 Å². The molecule has 0 amide bonds. The number of hydrogen-bond acceptors (Lipinski definition) is 2. The maximum atomic E-state index is 12.5. The van der Waals surface area contributed by atoms with Crippen LogP contribution in [0.3, 0.4) is 0 Å². The second-order valence-corrected chi connectivity index (χ2v) is 4.32. The van der Waals surface area contributed by atoms with Gasteiger partial charge in [-0.2, -0.15) is 13.2 Å². The molecule has 0 aliphatic carbocycles. The Balaban J connectivity index is 2.51. The van der Waals surface area contributed by atoms with Crippen LogP contribution in [0, 0.1) is 0 Å². The molecule has 18 heavy (non-hydrogen) atoms. The van der Waals surface area contributed by atoms with Crippen LogP contribution in [0.2, 0.25) is 10.0 Å². The molecule has 0 N–H and O–H groups in total. The van der Waals surface area contributed by atoms with Crippen LogP contribution in [0.1, 0.15) is 5.69 Å². The van der Waals surface area contributed by atoms with Gasteiger partial charge in [-0.25, -0.2) is 9.97 Å². The lowest BCUT2D eigenvalue weighted by Gasteiger charge is -2.07. The van der Waals surface area contributed by atoms with Crippen LogP contribution in [-0.2, 0) is 6.18 Å². The summed E-state index contributed by atoms with van der Waals surface area (Å²) in [4.78, 5) is 6.96. The van der Waals surface area contributed by atoms with Crippen molar-refractivity contribution in [2.24, 2.45) is 0 Å². The SMILES string of the molecule is FC(F)(F)c1cc(-c2cc(Cl)cc(Cl)c2)ncn1. The van der Waals surface area contributed by atoms with Crippen molar-refractivity contribution in [3.63, 3.8) is 0 Å². The monoisotopic (exact) mass is 292 g/mol. The van der Waals surface area contributed by atoms with Gasteiger partial charge >= 0.3 is 6.18 Å². The number of alkyl halides is 3. The molecule has 0 aliphatic rings. The fourth-order valence-electron chi connectivity index (χ4n) is 1.37. The molecule has 0 saturated heterocycles. The van der Waals surface area contributed by atoms with Gasteiger partial charge in [0.2, 0.25) is 0 Å². The second kappa shape index (κ2) is 4.74. The Hall–Kier alpha value is -1.33. The number of rotatable bonds is 1. The Kier molecular flexibility index (Phi) is 3.45. The number of nitrogens with zero attached hydrogens (tertiary/aromatic N) is 2. The first-order valence-electron chi connectivity index (χ1n) is 4.72. The van der Waals surface area contributed by atoms with Crippen molar-refractivity contribution in [1.29, 1.82) is 0 Å². The fourth-order valence-corrected chi connectivity index (χ4v) is 1.90. The topological polar surface area (TPSA) is 25.8 Å². The van der Waals surface area contributed by atoms with Gasteiger partial charge in [0.25, 0.3) is 0 Å². The maximum absolute atomic E-state index is 12.5. The minimum atomic E-state index is -4.51. The maximum Gasteiger partial charge on any atom is 0.433 e.